The first kappa shape index (κ1) is 20.2. The molecule has 2 aromatic heterocycles. The van der Waals surface area contributed by atoms with Gasteiger partial charge in [0.1, 0.15) is 11.4 Å². The SMILES string of the molecule is Cc1cccnc1N1C(=O)c2oc3ccccc3c(=O)c2C1c1ccc(C(C)(C)C)cc1. The summed E-state index contributed by atoms with van der Waals surface area (Å²) in [6, 6.07) is 18.3. The van der Waals surface area contributed by atoms with Crippen molar-refractivity contribution in [2.75, 3.05) is 4.90 Å². The summed E-state index contributed by atoms with van der Waals surface area (Å²) in [6.45, 7) is 8.37. The van der Waals surface area contributed by atoms with E-state index in [-0.39, 0.29) is 22.5 Å². The van der Waals surface area contributed by atoms with Gasteiger partial charge in [-0.25, -0.2) is 4.98 Å². The van der Waals surface area contributed by atoms with Gasteiger partial charge in [-0.15, -0.1) is 0 Å². The average molecular weight is 425 g/mol. The van der Waals surface area contributed by atoms with Crippen molar-refractivity contribution in [3.05, 3.63) is 105 Å². The summed E-state index contributed by atoms with van der Waals surface area (Å²) in [4.78, 5) is 33.3. The van der Waals surface area contributed by atoms with Gasteiger partial charge in [0, 0.05) is 6.20 Å². The molecule has 1 aliphatic rings. The number of benzene rings is 2. The Morgan fingerprint density at radius 1 is 0.938 bits per heavy atom. The fraction of sp³-hybridized carbons (Fsp3) is 0.222. The summed E-state index contributed by atoms with van der Waals surface area (Å²) in [5.41, 5.74) is 3.45. The minimum atomic E-state index is -0.610. The molecule has 160 valence electrons. The predicted molar refractivity (Wildman–Crippen MR) is 125 cm³/mol. The number of aromatic nitrogens is 1. The smallest absolute Gasteiger partial charge is 0.296 e. The van der Waals surface area contributed by atoms with E-state index in [1.165, 1.54) is 5.56 Å². The predicted octanol–water partition coefficient (Wildman–Crippen LogP) is 5.54. The number of rotatable bonds is 2. The summed E-state index contributed by atoms with van der Waals surface area (Å²) in [7, 11) is 0. The molecule has 4 aromatic rings. The monoisotopic (exact) mass is 424 g/mol. The number of hydrogen-bond donors (Lipinski definition) is 0. The first-order valence-corrected chi connectivity index (χ1v) is 10.7. The number of anilines is 1. The van der Waals surface area contributed by atoms with Gasteiger partial charge in [0.25, 0.3) is 5.91 Å². The Labute approximate surface area is 186 Å². The van der Waals surface area contributed by atoms with Crippen LogP contribution in [0, 0.1) is 6.92 Å². The molecule has 0 saturated carbocycles. The number of para-hydroxylation sites is 1. The molecule has 0 bridgehead atoms. The van der Waals surface area contributed by atoms with Crippen LogP contribution >= 0.6 is 0 Å². The van der Waals surface area contributed by atoms with Gasteiger partial charge in [0.05, 0.1) is 17.0 Å². The lowest BCUT2D eigenvalue weighted by atomic mass is 9.86. The van der Waals surface area contributed by atoms with Gasteiger partial charge in [0.2, 0.25) is 5.76 Å². The van der Waals surface area contributed by atoms with Gasteiger partial charge in [-0.05, 0) is 47.2 Å². The lowest BCUT2D eigenvalue weighted by Gasteiger charge is -2.26. The van der Waals surface area contributed by atoms with E-state index in [2.05, 4.69) is 37.9 Å². The molecule has 0 radical (unpaired) electrons. The van der Waals surface area contributed by atoms with Gasteiger partial charge in [0.15, 0.2) is 5.43 Å². The van der Waals surface area contributed by atoms with E-state index in [1.54, 1.807) is 35.4 Å². The second-order valence-electron chi connectivity index (χ2n) is 9.26. The molecule has 2 aromatic carbocycles. The second kappa shape index (κ2) is 7.16. The maximum absolute atomic E-state index is 13.6. The quantitative estimate of drug-likeness (QED) is 0.424. The molecular formula is C27H24N2O3. The molecule has 5 nitrogen and oxygen atoms in total. The number of aryl methyl sites for hydroxylation is 1. The Kier molecular flexibility index (Phi) is 4.52. The zero-order valence-electron chi connectivity index (χ0n) is 18.5. The van der Waals surface area contributed by atoms with Crippen LogP contribution in [-0.4, -0.2) is 10.9 Å². The summed E-state index contributed by atoms with van der Waals surface area (Å²) >= 11 is 0. The Morgan fingerprint density at radius 2 is 1.66 bits per heavy atom. The van der Waals surface area contributed by atoms with Crippen molar-refractivity contribution in [1.82, 2.24) is 4.98 Å². The van der Waals surface area contributed by atoms with E-state index in [0.717, 1.165) is 11.1 Å². The number of amides is 1. The highest BCUT2D eigenvalue weighted by Gasteiger charge is 2.44. The van der Waals surface area contributed by atoms with Crippen molar-refractivity contribution < 1.29 is 9.21 Å². The third-order valence-electron chi connectivity index (χ3n) is 6.08. The fourth-order valence-electron chi connectivity index (χ4n) is 4.35. The van der Waals surface area contributed by atoms with E-state index in [4.69, 9.17) is 4.42 Å². The Hall–Kier alpha value is -3.73. The summed E-state index contributed by atoms with van der Waals surface area (Å²) < 4.78 is 6.00. The largest absolute Gasteiger partial charge is 0.450 e. The molecule has 0 N–H and O–H groups in total. The lowest BCUT2D eigenvalue weighted by Crippen LogP contribution is -2.31. The maximum atomic E-state index is 13.6. The van der Waals surface area contributed by atoms with Crippen LogP contribution in [0.4, 0.5) is 5.82 Å². The van der Waals surface area contributed by atoms with E-state index >= 15 is 0 Å². The molecule has 5 heteroatoms. The minimum absolute atomic E-state index is 0.00553. The van der Waals surface area contributed by atoms with Crippen LogP contribution in [0.15, 0.2) is 76.1 Å². The molecule has 32 heavy (non-hydrogen) atoms. The van der Waals surface area contributed by atoms with E-state index < -0.39 is 6.04 Å². The van der Waals surface area contributed by atoms with Gasteiger partial charge in [-0.1, -0.05) is 63.2 Å². The third-order valence-corrected chi connectivity index (χ3v) is 6.08. The van der Waals surface area contributed by atoms with E-state index in [0.29, 0.717) is 22.4 Å². The molecular weight excluding hydrogens is 400 g/mol. The van der Waals surface area contributed by atoms with Crippen LogP contribution < -0.4 is 10.3 Å². The molecule has 1 amide bonds. The number of carbonyl (C=O) groups excluding carboxylic acids is 1. The lowest BCUT2D eigenvalue weighted by molar-refractivity contribution is 0.0970. The Morgan fingerprint density at radius 3 is 2.34 bits per heavy atom. The minimum Gasteiger partial charge on any atom is -0.450 e. The zero-order chi connectivity index (χ0) is 22.6. The molecule has 5 rings (SSSR count). The molecule has 3 heterocycles. The van der Waals surface area contributed by atoms with Crippen LogP contribution in [0.3, 0.4) is 0 Å². The summed E-state index contributed by atoms with van der Waals surface area (Å²) in [6.07, 6.45) is 1.66. The first-order valence-electron chi connectivity index (χ1n) is 10.7. The van der Waals surface area contributed by atoms with Crippen LogP contribution in [0.5, 0.6) is 0 Å². The number of carbonyl (C=O) groups is 1. The van der Waals surface area contributed by atoms with Crippen molar-refractivity contribution in [3.8, 4) is 0 Å². The van der Waals surface area contributed by atoms with E-state index in [1.807, 2.05) is 31.2 Å². The molecule has 1 aliphatic heterocycles. The normalized spacial score (nSPS) is 15.9. The van der Waals surface area contributed by atoms with Crippen LogP contribution in [0.2, 0.25) is 0 Å². The van der Waals surface area contributed by atoms with Crippen molar-refractivity contribution in [2.24, 2.45) is 0 Å². The van der Waals surface area contributed by atoms with Crippen LogP contribution in [-0.2, 0) is 5.41 Å². The van der Waals surface area contributed by atoms with Crippen molar-refractivity contribution in [2.45, 2.75) is 39.2 Å². The topological polar surface area (TPSA) is 63.4 Å². The molecule has 1 unspecified atom stereocenters. The maximum Gasteiger partial charge on any atom is 0.296 e. The number of fused-ring (bicyclic) bond motifs is 2. The van der Waals surface area contributed by atoms with Crippen molar-refractivity contribution >= 4 is 22.7 Å². The fourth-order valence-corrected chi connectivity index (χ4v) is 4.35. The van der Waals surface area contributed by atoms with Gasteiger partial charge in [-0.2, -0.15) is 0 Å². The standard InChI is InChI=1S/C27H24N2O3/c1-16-8-7-15-28-25(16)29-22(17-11-13-18(14-12-17)27(2,3)4)21-23(30)19-9-5-6-10-20(19)32-24(21)26(29)31/h5-15,22H,1-4H3. The van der Waals surface area contributed by atoms with Crippen molar-refractivity contribution in [1.29, 1.82) is 0 Å². The summed E-state index contributed by atoms with van der Waals surface area (Å²) in [5.74, 6) is 0.260. The first-order chi connectivity index (χ1) is 15.3. The summed E-state index contributed by atoms with van der Waals surface area (Å²) in [5, 5.41) is 0.468. The molecule has 1 atom stereocenters. The third kappa shape index (κ3) is 3.04. The highest BCUT2D eigenvalue weighted by atomic mass is 16.3. The van der Waals surface area contributed by atoms with Crippen molar-refractivity contribution in [3.63, 3.8) is 0 Å². The number of pyridine rings is 1. The number of nitrogens with zero attached hydrogens (tertiary/aromatic N) is 2. The zero-order valence-corrected chi connectivity index (χ0v) is 18.5. The van der Waals surface area contributed by atoms with Gasteiger partial charge in [-0.3, -0.25) is 14.5 Å². The van der Waals surface area contributed by atoms with Crippen LogP contribution in [0.25, 0.3) is 11.0 Å². The van der Waals surface area contributed by atoms with E-state index in [9.17, 15) is 9.59 Å². The average Bonchev–Trinajstić information content (AvgIpc) is 3.06. The Bertz CT molecular complexity index is 1410. The highest BCUT2D eigenvalue weighted by Crippen LogP contribution is 2.41. The second-order valence-corrected chi connectivity index (χ2v) is 9.26. The van der Waals surface area contributed by atoms with Crippen LogP contribution in [0.1, 0.15) is 59.6 Å². The molecule has 0 spiro atoms. The molecule has 0 aliphatic carbocycles. The molecule has 0 saturated heterocycles. The molecule has 0 fully saturated rings. The number of hydrogen-bond acceptors (Lipinski definition) is 4. The van der Waals surface area contributed by atoms with Gasteiger partial charge < -0.3 is 4.42 Å². The highest BCUT2D eigenvalue weighted by molar-refractivity contribution is 6.10. The van der Waals surface area contributed by atoms with Gasteiger partial charge >= 0.3 is 0 Å². The Balaban J connectivity index is 1.78.